The van der Waals surface area contributed by atoms with Crippen LogP contribution in [-0.2, 0) is 14.3 Å². The highest BCUT2D eigenvalue weighted by molar-refractivity contribution is 5.91. The summed E-state index contributed by atoms with van der Waals surface area (Å²) in [5.74, 6) is -0.623. The first-order valence-corrected chi connectivity index (χ1v) is 4.97. The Labute approximate surface area is 85.1 Å². The maximum absolute atomic E-state index is 11.0. The van der Waals surface area contributed by atoms with E-state index in [1.54, 1.807) is 0 Å². The summed E-state index contributed by atoms with van der Waals surface area (Å²) in [6, 6.07) is 0. The number of hydrogen-bond acceptors (Lipinski definition) is 3. The number of carbonyl (C=O) groups excluding carboxylic acids is 2. The molecule has 0 aromatic rings. The Morgan fingerprint density at radius 2 is 2.07 bits per heavy atom. The zero-order valence-electron chi connectivity index (χ0n) is 8.91. The van der Waals surface area contributed by atoms with E-state index in [2.05, 4.69) is 25.2 Å². The normalized spacial score (nSPS) is 11.9. The lowest BCUT2D eigenvalue weighted by Gasteiger charge is -2.07. The molecule has 0 aliphatic heterocycles. The molecule has 0 rings (SSSR count). The molecule has 1 atom stereocenters. The lowest BCUT2D eigenvalue weighted by Crippen LogP contribution is -2.10. The minimum absolute atomic E-state index is 0.306. The van der Waals surface area contributed by atoms with Crippen LogP contribution in [0.25, 0.3) is 0 Å². The van der Waals surface area contributed by atoms with E-state index in [4.69, 9.17) is 0 Å². The summed E-state index contributed by atoms with van der Waals surface area (Å²) in [6.07, 6.45) is 4.29. The molecule has 0 heterocycles. The van der Waals surface area contributed by atoms with Gasteiger partial charge in [0.2, 0.25) is 0 Å². The molecule has 0 fully saturated rings. The standard InChI is InChI=1S/C11H18O3/c1-4-6-9(3)7-8-11(13)14-10(12)5-2/h5,9H,2,4,6-8H2,1,3H3. The SMILES string of the molecule is C=CC(=O)OC(=O)CCC(C)CCC. The van der Waals surface area contributed by atoms with Crippen LogP contribution in [0.1, 0.15) is 39.5 Å². The zero-order valence-corrected chi connectivity index (χ0v) is 8.91. The molecule has 0 aromatic carbocycles. The van der Waals surface area contributed by atoms with Crippen molar-refractivity contribution in [1.29, 1.82) is 0 Å². The van der Waals surface area contributed by atoms with Gasteiger partial charge in [0, 0.05) is 12.5 Å². The summed E-state index contributed by atoms with van der Waals surface area (Å²) in [6.45, 7) is 7.41. The van der Waals surface area contributed by atoms with E-state index in [1.807, 2.05) is 0 Å². The van der Waals surface area contributed by atoms with Gasteiger partial charge >= 0.3 is 11.9 Å². The molecule has 3 heteroatoms. The van der Waals surface area contributed by atoms with E-state index in [9.17, 15) is 9.59 Å². The molecule has 3 nitrogen and oxygen atoms in total. The third kappa shape index (κ3) is 6.40. The van der Waals surface area contributed by atoms with E-state index in [1.165, 1.54) is 0 Å². The molecular weight excluding hydrogens is 180 g/mol. The van der Waals surface area contributed by atoms with Gasteiger partial charge in [-0.05, 0) is 12.3 Å². The predicted octanol–water partition coefficient (Wildman–Crippen LogP) is 2.46. The fourth-order valence-corrected chi connectivity index (χ4v) is 1.21. The summed E-state index contributed by atoms with van der Waals surface area (Å²) in [5.41, 5.74) is 0. The van der Waals surface area contributed by atoms with Crippen LogP contribution < -0.4 is 0 Å². The number of ether oxygens (including phenoxy) is 1. The Hall–Kier alpha value is -1.12. The van der Waals surface area contributed by atoms with Crippen molar-refractivity contribution in [3.63, 3.8) is 0 Å². The molecule has 0 saturated heterocycles. The van der Waals surface area contributed by atoms with Gasteiger partial charge in [-0.2, -0.15) is 0 Å². The zero-order chi connectivity index (χ0) is 11.0. The Morgan fingerprint density at radius 3 is 2.57 bits per heavy atom. The van der Waals surface area contributed by atoms with Gasteiger partial charge in [-0.1, -0.05) is 33.3 Å². The number of hydrogen-bond donors (Lipinski definition) is 0. The van der Waals surface area contributed by atoms with Crippen LogP contribution in [0.15, 0.2) is 12.7 Å². The first-order valence-electron chi connectivity index (χ1n) is 4.97. The molecule has 0 saturated carbocycles. The maximum atomic E-state index is 11.0. The molecule has 0 amide bonds. The molecule has 0 aliphatic rings. The highest BCUT2D eigenvalue weighted by Crippen LogP contribution is 2.12. The molecule has 0 spiro atoms. The molecule has 80 valence electrons. The molecule has 0 aromatic heterocycles. The first kappa shape index (κ1) is 12.9. The highest BCUT2D eigenvalue weighted by atomic mass is 16.6. The average molecular weight is 198 g/mol. The number of rotatable bonds is 6. The van der Waals surface area contributed by atoms with Crippen molar-refractivity contribution in [2.45, 2.75) is 39.5 Å². The summed E-state index contributed by atoms with van der Waals surface area (Å²) in [5, 5.41) is 0. The fourth-order valence-electron chi connectivity index (χ4n) is 1.21. The number of carbonyl (C=O) groups is 2. The van der Waals surface area contributed by atoms with Crippen LogP contribution >= 0.6 is 0 Å². The Bertz CT molecular complexity index is 209. The quantitative estimate of drug-likeness (QED) is 0.374. The van der Waals surface area contributed by atoms with Crippen molar-refractivity contribution in [3.8, 4) is 0 Å². The van der Waals surface area contributed by atoms with Crippen molar-refractivity contribution in [2.75, 3.05) is 0 Å². The number of esters is 2. The van der Waals surface area contributed by atoms with Crippen LogP contribution in [0.2, 0.25) is 0 Å². The van der Waals surface area contributed by atoms with Crippen LogP contribution in [0.5, 0.6) is 0 Å². The lowest BCUT2D eigenvalue weighted by atomic mass is 10.0. The molecule has 0 radical (unpaired) electrons. The summed E-state index contributed by atoms with van der Waals surface area (Å²) in [4.78, 5) is 21.7. The topological polar surface area (TPSA) is 43.4 Å². The summed E-state index contributed by atoms with van der Waals surface area (Å²) >= 11 is 0. The Morgan fingerprint density at radius 1 is 1.43 bits per heavy atom. The van der Waals surface area contributed by atoms with Crippen molar-refractivity contribution < 1.29 is 14.3 Å². The van der Waals surface area contributed by atoms with Crippen LogP contribution in [0.4, 0.5) is 0 Å². The minimum Gasteiger partial charge on any atom is -0.390 e. The molecule has 0 bridgehead atoms. The van der Waals surface area contributed by atoms with Gasteiger partial charge in [-0.3, -0.25) is 4.79 Å². The fraction of sp³-hybridized carbons (Fsp3) is 0.636. The Balaban J connectivity index is 3.63. The average Bonchev–Trinajstić information content (AvgIpc) is 2.15. The van der Waals surface area contributed by atoms with Crippen molar-refractivity contribution in [3.05, 3.63) is 12.7 Å². The molecule has 0 N–H and O–H groups in total. The van der Waals surface area contributed by atoms with Crippen LogP contribution in [0.3, 0.4) is 0 Å². The van der Waals surface area contributed by atoms with Gasteiger partial charge in [0.25, 0.3) is 0 Å². The van der Waals surface area contributed by atoms with Gasteiger partial charge in [-0.25, -0.2) is 4.79 Å². The Kier molecular flexibility index (Phi) is 6.72. The lowest BCUT2D eigenvalue weighted by molar-refractivity contribution is -0.156. The maximum Gasteiger partial charge on any atom is 0.337 e. The van der Waals surface area contributed by atoms with Crippen molar-refractivity contribution >= 4 is 11.9 Å². The molecule has 14 heavy (non-hydrogen) atoms. The van der Waals surface area contributed by atoms with E-state index in [-0.39, 0.29) is 0 Å². The molecule has 0 aliphatic carbocycles. The van der Waals surface area contributed by atoms with Gasteiger partial charge in [-0.15, -0.1) is 0 Å². The van der Waals surface area contributed by atoms with Crippen molar-refractivity contribution in [2.24, 2.45) is 5.92 Å². The summed E-state index contributed by atoms with van der Waals surface area (Å²) in [7, 11) is 0. The largest absolute Gasteiger partial charge is 0.390 e. The van der Waals surface area contributed by atoms with Gasteiger partial charge < -0.3 is 4.74 Å². The molecule has 1 unspecified atom stereocenters. The van der Waals surface area contributed by atoms with Crippen LogP contribution in [0, 0.1) is 5.92 Å². The van der Waals surface area contributed by atoms with E-state index in [0.29, 0.717) is 12.3 Å². The second-order valence-corrected chi connectivity index (χ2v) is 3.43. The van der Waals surface area contributed by atoms with Gasteiger partial charge in [0.05, 0.1) is 0 Å². The van der Waals surface area contributed by atoms with E-state index < -0.39 is 11.9 Å². The van der Waals surface area contributed by atoms with Gasteiger partial charge in [0.1, 0.15) is 0 Å². The smallest absolute Gasteiger partial charge is 0.337 e. The minimum atomic E-state index is -0.668. The second kappa shape index (κ2) is 7.30. The van der Waals surface area contributed by atoms with Crippen LogP contribution in [-0.4, -0.2) is 11.9 Å². The highest BCUT2D eigenvalue weighted by Gasteiger charge is 2.09. The van der Waals surface area contributed by atoms with Crippen molar-refractivity contribution in [1.82, 2.24) is 0 Å². The monoisotopic (exact) mass is 198 g/mol. The third-order valence-corrected chi connectivity index (χ3v) is 2.00. The second-order valence-electron chi connectivity index (χ2n) is 3.43. The summed E-state index contributed by atoms with van der Waals surface area (Å²) < 4.78 is 4.43. The van der Waals surface area contributed by atoms with E-state index >= 15 is 0 Å². The van der Waals surface area contributed by atoms with E-state index in [0.717, 1.165) is 25.3 Å². The first-order chi connectivity index (χ1) is 6.60. The molecular formula is C11H18O3. The predicted molar refractivity (Wildman–Crippen MR) is 54.6 cm³/mol. The third-order valence-electron chi connectivity index (χ3n) is 2.00. The van der Waals surface area contributed by atoms with Gasteiger partial charge in [0.15, 0.2) is 0 Å².